The van der Waals surface area contributed by atoms with Crippen LogP contribution in [0.2, 0.25) is 5.02 Å². The van der Waals surface area contributed by atoms with E-state index >= 15 is 0 Å². The minimum absolute atomic E-state index is 0.588. The number of rotatable bonds is 3. The molecule has 4 nitrogen and oxygen atoms in total. The molecule has 0 aliphatic carbocycles. The SMILES string of the molecule is COc1cc2c(cc1N)OCCN2Cc1ccc(Cl)cc1. The van der Waals surface area contributed by atoms with Gasteiger partial charge in [0, 0.05) is 23.7 Å². The second-order valence-electron chi connectivity index (χ2n) is 4.96. The van der Waals surface area contributed by atoms with E-state index < -0.39 is 0 Å². The first-order chi connectivity index (χ1) is 10.2. The van der Waals surface area contributed by atoms with Crippen molar-refractivity contribution in [3.05, 3.63) is 47.0 Å². The van der Waals surface area contributed by atoms with Crippen LogP contribution in [0.3, 0.4) is 0 Å². The Bertz CT molecular complexity index is 643. The zero-order valence-corrected chi connectivity index (χ0v) is 12.6. The molecule has 0 amide bonds. The van der Waals surface area contributed by atoms with Gasteiger partial charge in [-0.05, 0) is 17.7 Å². The highest BCUT2D eigenvalue weighted by atomic mass is 35.5. The van der Waals surface area contributed by atoms with Gasteiger partial charge in [0.25, 0.3) is 0 Å². The summed E-state index contributed by atoms with van der Waals surface area (Å²) in [6, 6.07) is 11.6. The van der Waals surface area contributed by atoms with E-state index in [0.29, 0.717) is 18.0 Å². The molecule has 0 atom stereocenters. The van der Waals surface area contributed by atoms with Gasteiger partial charge in [-0.25, -0.2) is 0 Å². The highest BCUT2D eigenvalue weighted by Crippen LogP contribution is 2.39. The van der Waals surface area contributed by atoms with Gasteiger partial charge in [-0.15, -0.1) is 0 Å². The third-order valence-electron chi connectivity index (χ3n) is 3.56. The fraction of sp³-hybridized carbons (Fsp3) is 0.250. The molecule has 110 valence electrons. The molecule has 0 spiro atoms. The summed E-state index contributed by atoms with van der Waals surface area (Å²) in [5.41, 5.74) is 8.72. The molecule has 2 aromatic rings. The smallest absolute Gasteiger partial charge is 0.145 e. The van der Waals surface area contributed by atoms with Crippen LogP contribution in [0.15, 0.2) is 36.4 Å². The molecule has 2 N–H and O–H groups in total. The van der Waals surface area contributed by atoms with Gasteiger partial charge in [0.05, 0.1) is 25.0 Å². The predicted molar refractivity (Wildman–Crippen MR) is 85.4 cm³/mol. The molecule has 21 heavy (non-hydrogen) atoms. The van der Waals surface area contributed by atoms with E-state index in [9.17, 15) is 0 Å². The number of benzene rings is 2. The summed E-state index contributed by atoms with van der Waals surface area (Å²) in [4.78, 5) is 2.25. The Balaban J connectivity index is 1.90. The number of nitrogens with two attached hydrogens (primary N) is 1. The van der Waals surface area contributed by atoms with Crippen molar-refractivity contribution < 1.29 is 9.47 Å². The van der Waals surface area contributed by atoms with Crippen LogP contribution in [0.1, 0.15) is 5.56 Å². The molecule has 3 rings (SSSR count). The van der Waals surface area contributed by atoms with E-state index in [0.717, 1.165) is 29.5 Å². The third-order valence-corrected chi connectivity index (χ3v) is 3.81. The first kappa shape index (κ1) is 13.9. The molecule has 5 heteroatoms. The van der Waals surface area contributed by atoms with E-state index in [1.807, 2.05) is 36.4 Å². The minimum Gasteiger partial charge on any atom is -0.495 e. The summed E-state index contributed by atoms with van der Waals surface area (Å²) in [6.45, 7) is 2.26. The van der Waals surface area contributed by atoms with Crippen LogP contribution in [-0.2, 0) is 6.54 Å². The number of ether oxygens (including phenoxy) is 2. The first-order valence-corrected chi connectivity index (χ1v) is 7.15. The van der Waals surface area contributed by atoms with Crippen LogP contribution < -0.4 is 20.1 Å². The molecule has 0 aromatic heterocycles. The lowest BCUT2D eigenvalue weighted by molar-refractivity contribution is 0.306. The van der Waals surface area contributed by atoms with Crippen molar-refractivity contribution in [1.29, 1.82) is 0 Å². The van der Waals surface area contributed by atoms with Crippen LogP contribution in [0.5, 0.6) is 11.5 Å². The molecular formula is C16H17ClN2O2. The average Bonchev–Trinajstić information content (AvgIpc) is 2.49. The van der Waals surface area contributed by atoms with E-state index in [1.54, 1.807) is 7.11 Å². The molecule has 1 aliphatic rings. The number of hydrogen-bond donors (Lipinski definition) is 1. The molecule has 0 unspecified atom stereocenters. The molecule has 0 bridgehead atoms. The lowest BCUT2D eigenvalue weighted by atomic mass is 10.1. The molecule has 0 fully saturated rings. The molecule has 1 aliphatic heterocycles. The van der Waals surface area contributed by atoms with Gasteiger partial charge in [-0.2, -0.15) is 0 Å². The Morgan fingerprint density at radius 2 is 2.05 bits per heavy atom. The Morgan fingerprint density at radius 3 is 2.76 bits per heavy atom. The Hall–Kier alpha value is -2.07. The molecule has 0 radical (unpaired) electrons. The van der Waals surface area contributed by atoms with E-state index in [1.165, 1.54) is 5.56 Å². The van der Waals surface area contributed by atoms with Crippen molar-refractivity contribution in [2.24, 2.45) is 0 Å². The molecule has 0 saturated carbocycles. The summed E-state index contributed by atoms with van der Waals surface area (Å²) >= 11 is 5.93. The lowest BCUT2D eigenvalue weighted by Crippen LogP contribution is -2.32. The van der Waals surface area contributed by atoms with Crippen LogP contribution in [-0.4, -0.2) is 20.3 Å². The molecule has 1 heterocycles. The van der Waals surface area contributed by atoms with Gasteiger partial charge >= 0.3 is 0 Å². The molecule has 2 aromatic carbocycles. The zero-order chi connectivity index (χ0) is 14.8. The summed E-state index contributed by atoms with van der Waals surface area (Å²) in [6.07, 6.45) is 0. The van der Waals surface area contributed by atoms with Crippen molar-refractivity contribution in [3.8, 4) is 11.5 Å². The summed E-state index contributed by atoms with van der Waals surface area (Å²) in [5, 5.41) is 0.746. The maximum absolute atomic E-state index is 5.93. The number of halogens is 1. The number of nitrogen functional groups attached to an aromatic ring is 1. The summed E-state index contributed by atoms with van der Waals surface area (Å²) < 4.78 is 11.0. The molecule has 0 saturated heterocycles. The first-order valence-electron chi connectivity index (χ1n) is 6.77. The van der Waals surface area contributed by atoms with Crippen molar-refractivity contribution in [1.82, 2.24) is 0 Å². The van der Waals surface area contributed by atoms with Crippen molar-refractivity contribution in [2.75, 3.05) is 30.9 Å². The number of nitrogens with zero attached hydrogens (tertiary/aromatic N) is 1. The van der Waals surface area contributed by atoms with Crippen molar-refractivity contribution >= 4 is 23.0 Å². The molecular weight excluding hydrogens is 288 g/mol. The average molecular weight is 305 g/mol. The van der Waals surface area contributed by atoms with E-state index in [-0.39, 0.29) is 0 Å². The van der Waals surface area contributed by atoms with E-state index in [2.05, 4.69) is 4.90 Å². The van der Waals surface area contributed by atoms with Gasteiger partial charge in [0.2, 0.25) is 0 Å². The Kier molecular flexibility index (Phi) is 3.80. The maximum Gasteiger partial charge on any atom is 0.145 e. The largest absolute Gasteiger partial charge is 0.495 e. The van der Waals surface area contributed by atoms with Crippen molar-refractivity contribution in [3.63, 3.8) is 0 Å². The van der Waals surface area contributed by atoms with Gasteiger partial charge in [0.1, 0.15) is 18.1 Å². The standard InChI is InChI=1S/C16H17ClN2O2/c1-20-15-9-14-16(8-13(15)18)21-7-6-19(14)10-11-2-4-12(17)5-3-11/h2-5,8-9H,6-7,10,18H2,1H3. The summed E-state index contributed by atoms with van der Waals surface area (Å²) in [7, 11) is 1.62. The van der Waals surface area contributed by atoms with E-state index in [4.69, 9.17) is 26.8 Å². The van der Waals surface area contributed by atoms with Crippen LogP contribution in [0.4, 0.5) is 11.4 Å². The minimum atomic E-state index is 0.588. The van der Waals surface area contributed by atoms with Crippen molar-refractivity contribution in [2.45, 2.75) is 6.54 Å². The third kappa shape index (κ3) is 2.85. The van der Waals surface area contributed by atoms with Crippen LogP contribution in [0, 0.1) is 0 Å². The highest BCUT2D eigenvalue weighted by Gasteiger charge is 2.20. The highest BCUT2D eigenvalue weighted by molar-refractivity contribution is 6.30. The fourth-order valence-electron chi connectivity index (χ4n) is 2.47. The Morgan fingerprint density at radius 1 is 1.29 bits per heavy atom. The Labute approximate surface area is 129 Å². The zero-order valence-electron chi connectivity index (χ0n) is 11.8. The summed E-state index contributed by atoms with van der Waals surface area (Å²) in [5.74, 6) is 1.47. The number of anilines is 2. The van der Waals surface area contributed by atoms with Gasteiger partial charge in [-0.3, -0.25) is 0 Å². The lowest BCUT2D eigenvalue weighted by Gasteiger charge is -2.32. The number of fused-ring (bicyclic) bond motifs is 1. The monoisotopic (exact) mass is 304 g/mol. The van der Waals surface area contributed by atoms with Gasteiger partial charge in [0.15, 0.2) is 0 Å². The number of methoxy groups -OCH3 is 1. The van der Waals surface area contributed by atoms with Crippen LogP contribution in [0.25, 0.3) is 0 Å². The predicted octanol–water partition coefficient (Wildman–Crippen LogP) is 3.33. The van der Waals surface area contributed by atoms with Gasteiger partial charge < -0.3 is 20.1 Å². The second kappa shape index (κ2) is 5.74. The number of hydrogen-bond acceptors (Lipinski definition) is 4. The fourth-order valence-corrected chi connectivity index (χ4v) is 2.59. The normalized spacial score (nSPS) is 13.5. The second-order valence-corrected chi connectivity index (χ2v) is 5.39. The topological polar surface area (TPSA) is 47.7 Å². The maximum atomic E-state index is 5.93. The van der Waals surface area contributed by atoms with Gasteiger partial charge in [-0.1, -0.05) is 23.7 Å². The quantitative estimate of drug-likeness (QED) is 0.884. The van der Waals surface area contributed by atoms with Crippen LogP contribution >= 0.6 is 11.6 Å².